The predicted molar refractivity (Wildman–Crippen MR) is 481 cm³/mol. The molecule has 0 unspecified atom stereocenters. The Morgan fingerprint density at radius 1 is 0.387 bits per heavy atom. The van der Waals surface area contributed by atoms with Crippen molar-refractivity contribution in [3.8, 4) is 85.7 Å². The molecule has 628 valence electrons. The van der Waals surface area contributed by atoms with E-state index >= 15 is 0 Å². The first-order chi connectivity index (χ1) is 57.1. The van der Waals surface area contributed by atoms with Crippen LogP contribution in [0.1, 0.15) is 234 Å². The van der Waals surface area contributed by atoms with Gasteiger partial charge in [0.15, 0.2) is 17.5 Å². The zero-order chi connectivity index (χ0) is 84.7. The summed E-state index contributed by atoms with van der Waals surface area (Å²) in [6.07, 6.45) is 24.3. The topological polar surface area (TPSA) is 217 Å². The van der Waals surface area contributed by atoms with Crippen molar-refractivity contribution in [2.75, 3.05) is 13.2 Å². The van der Waals surface area contributed by atoms with Crippen molar-refractivity contribution in [1.29, 1.82) is 0 Å². The van der Waals surface area contributed by atoms with E-state index < -0.39 is 0 Å². The smallest absolute Gasteiger partial charge is 0.306 e. The fraction of sp³-hybridized carbons (Fsp3) is 0.402. The van der Waals surface area contributed by atoms with Gasteiger partial charge in [0.05, 0.1) is 24.3 Å². The summed E-state index contributed by atoms with van der Waals surface area (Å²) in [6.45, 7) is 30.3. The van der Waals surface area contributed by atoms with Gasteiger partial charge in [-0.3, -0.25) is 4.79 Å². The number of fused-ring (bicyclic) bond motifs is 12. The Morgan fingerprint density at radius 3 is 1.29 bits per heavy atom. The van der Waals surface area contributed by atoms with Crippen LogP contribution >= 0.6 is 23.2 Å². The molecule has 22 heteroatoms. The minimum atomic E-state index is -0.247. The number of carbonyl (C=O) groups excluding carboxylic acids is 1. The number of phenols is 5. The van der Waals surface area contributed by atoms with Crippen molar-refractivity contribution >= 4 is 62.3 Å². The first-order valence-corrected chi connectivity index (χ1v) is 43.5. The molecule has 0 amide bonds. The summed E-state index contributed by atoms with van der Waals surface area (Å²) in [4.78, 5) is 32.3. The molecule has 0 radical (unpaired) electrons. The number of hydrogen-bond acceptors (Lipinski definition) is 11. The minimum absolute atomic E-state index is 0.0904. The van der Waals surface area contributed by atoms with E-state index in [2.05, 4.69) is 138 Å². The number of phenolic OH excluding ortho intramolecular Hbond substituents is 5. The maximum atomic E-state index is 12.3. The first-order valence-electron chi connectivity index (χ1n) is 42.8. The van der Waals surface area contributed by atoms with Gasteiger partial charge < -0.3 is 35.0 Å². The number of para-hydroxylation sites is 2. The van der Waals surface area contributed by atoms with Crippen LogP contribution in [0.4, 0.5) is 0 Å². The molecule has 119 heavy (non-hydrogen) atoms. The van der Waals surface area contributed by atoms with E-state index in [4.69, 9.17) is 42.6 Å². The average molecular weight is 1650 g/mol. The molecular formula is C97H118Cl2N12O8. The van der Waals surface area contributed by atoms with Crippen molar-refractivity contribution in [3.63, 3.8) is 0 Å². The van der Waals surface area contributed by atoms with Crippen molar-refractivity contribution < 1.29 is 39.8 Å². The van der Waals surface area contributed by atoms with Crippen LogP contribution in [0.2, 0.25) is 10.0 Å². The number of halogens is 2. The second-order valence-electron chi connectivity index (χ2n) is 34.3. The Bertz CT molecular complexity index is 5980. The van der Waals surface area contributed by atoms with Gasteiger partial charge in [0.1, 0.15) is 84.7 Å². The number of esters is 1. The lowest BCUT2D eigenvalue weighted by molar-refractivity contribution is -0.143. The number of ether oxygens (including phenoxy) is 2. The molecule has 0 aliphatic carbocycles. The highest BCUT2D eigenvalue weighted by Crippen LogP contribution is 2.43. The number of unbranched alkanes of at least 4 members (excludes halogenated alkanes) is 15. The highest BCUT2D eigenvalue weighted by molar-refractivity contribution is 6.31. The van der Waals surface area contributed by atoms with E-state index in [1.54, 1.807) is 24.3 Å². The SMILES string of the molecule is CCCCCCCCCCCCc1cc(C)cc(-n2n3c4ccccc4n23)c1O.CCCCCCCCOC(=O)CCc1cc(-n2n3c4ccc(Cl)cc4n23)c(O)c(C(C)(C)C)c1.CCCCOc1ccc(-c2nc(-c3ccc(C)cc3O)nc(-c3ccc(C)cc3O)n2)c(C)c1.Cc1cc(-n2n3c4ccc(Cl)cc4n23)c(O)c(C(C)(C)C)c1. The molecule has 0 bridgehead atoms. The van der Waals surface area contributed by atoms with Crippen LogP contribution in [0.3, 0.4) is 0 Å². The predicted octanol–water partition coefficient (Wildman–Crippen LogP) is 24.6. The van der Waals surface area contributed by atoms with E-state index in [-0.39, 0.29) is 34.0 Å². The summed E-state index contributed by atoms with van der Waals surface area (Å²) in [7, 11) is 0. The number of rotatable bonds is 31. The molecule has 0 saturated heterocycles. The summed E-state index contributed by atoms with van der Waals surface area (Å²) in [5, 5.41) is 55.4. The van der Waals surface area contributed by atoms with Crippen molar-refractivity contribution in [2.45, 2.75) is 243 Å². The van der Waals surface area contributed by atoms with Gasteiger partial charge in [-0.15, -0.1) is 42.2 Å². The summed E-state index contributed by atoms with van der Waals surface area (Å²) >= 11 is 12.2. The standard InChI is InChI=1S/C28H29N3O3.C27H36ClN3O3.C25H35N3O.C17H18ClN3O/c1-5-6-13-34-20-9-12-21(19(4)16-20)26-29-27(22-10-7-17(2)14-24(22)32)31-28(30-26)23-11-8-18(3)15-25(23)33;1-5-6-7-8-9-10-15-34-25(32)14-11-19-16-21(27(2,3)4)26(33)24(17-19)31-29-22-13-12-20(28)18-23(22)30(29)31;1-3-4-5-6-7-8-9-10-11-12-15-21-18-20(2)19-24(25(21)29)28-26-22-16-13-14-17-23(22)27(26)28;1-10-7-12(17(2,3)4)16(22)15(8-10)21-19-13-6-5-11(18)9-14(13)20(19)21/h7-12,14-16,32-33H,5-6,13H2,1-4H3;12-13,16-18,33H,5-11,14-15H2,1-4H3;13-14,16-19,29H,3-12,15H2,1-2H3;5-9,22H,1-4H3. The molecule has 5 N–H and O–H groups in total. The van der Waals surface area contributed by atoms with Gasteiger partial charge in [0, 0.05) is 33.2 Å². The van der Waals surface area contributed by atoms with Crippen molar-refractivity contribution in [1.82, 2.24) is 57.1 Å². The number of aromatic hydroxyl groups is 5. The monoisotopic (exact) mass is 1650 g/mol. The third-order valence-corrected chi connectivity index (χ3v) is 22.8. The lowest BCUT2D eigenvalue weighted by Crippen LogP contribution is -2.13. The number of benzene rings is 9. The molecule has 0 aliphatic rings. The molecule has 16 rings (SSSR count). The summed E-state index contributed by atoms with van der Waals surface area (Å²) < 4.78 is 23.5. The average Bonchev–Trinajstić information content (AvgIpc) is 1.52. The van der Waals surface area contributed by atoms with Crippen LogP contribution in [0.15, 0.2) is 152 Å². The fourth-order valence-electron chi connectivity index (χ4n) is 15.6. The Labute approximate surface area is 708 Å². The Kier molecular flexibility index (Phi) is 26.8. The minimum Gasteiger partial charge on any atom is -0.507 e. The van der Waals surface area contributed by atoms with Crippen molar-refractivity contribution in [3.05, 3.63) is 212 Å². The molecule has 0 aliphatic heterocycles. The van der Waals surface area contributed by atoms with Crippen LogP contribution in [-0.2, 0) is 33.2 Å². The number of carbonyl (C=O) groups is 1. The van der Waals surface area contributed by atoms with Gasteiger partial charge >= 0.3 is 5.97 Å². The Balaban J connectivity index is 0.000000139. The highest BCUT2D eigenvalue weighted by Gasteiger charge is 2.33. The van der Waals surface area contributed by atoms with E-state index in [0.29, 0.717) is 81.9 Å². The largest absolute Gasteiger partial charge is 0.507 e. The number of hydrogen-bond donors (Lipinski definition) is 5. The maximum Gasteiger partial charge on any atom is 0.306 e. The summed E-state index contributed by atoms with van der Waals surface area (Å²) in [5.41, 5.74) is 19.5. The molecule has 0 spiro atoms. The summed E-state index contributed by atoms with van der Waals surface area (Å²) in [5.74, 6) is 2.97. The second-order valence-corrected chi connectivity index (χ2v) is 35.2. The quantitative estimate of drug-likeness (QED) is 0.0203. The lowest BCUT2D eigenvalue weighted by atomic mass is 9.84. The number of nitrogens with zero attached hydrogens (tertiary/aromatic N) is 12. The molecule has 0 fully saturated rings. The highest BCUT2D eigenvalue weighted by atomic mass is 35.5. The fourth-order valence-corrected chi connectivity index (χ4v) is 16.0. The van der Waals surface area contributed by atoms with Crippen LogP contribution in [0.25, 0.3) is 84.3 Å². The van der Waals surface area contributed by atoms with Crippen LogP contribution < -0.4 is 4.74 Å². The Hall–Kier alpha value is -11.0. The maximum absolute atomic E-state index is 12.3. The third kappa shape index (κ3) is 19.5. The molecular weight excluding hydrogens is 1530 g/mol. The summed E-state index contributed by atoms with van der Waals surface area (Å²) in [6, 6.07) is 48.7. The number of aromatic nitrogens is 12. The molecule has 7 aromatic heterocycles. The van der Waals surface area contributed by atoms with Gasteiger partial charge in [-0.05, 0) is 226 Å². The third-order valence-electron chi connectivity index (χ3n) is 22.3. The molecule has 9 aromatic carbocycles. The molecule has 20 nitrogen and oxygen atoms in total. The van der Waals surface area contributed by atoms with Gasteiger partial charge in [-0.25, -0.2) is 15.0 Å². The van der Waals surface area contributed by atoms with E-state index in [1.165, 1.54) is 100 Å². The van der Waals surface area contributed by atoms with E-state index in [9.17, 15) is 30.3 Å². The van der Waals surface area contributed by atoms with E-state index in [0.717, 1.165) is 128 Å². The first kappa shape index (κ1) is 85.9. The molecule has 0 saturated carbocycles. The van der Waals surface area contributed by atoms with Crippen LogP contribution in [-0.4, -0.2) is 102 Å². The second kappa shape index (κ2) is 37.1. The van der Waals surface area contributed by atoms with Crippen molar-refractivity contribution in [2.24, 2.45) is 0 Å². The van der Waals surface area contributed by atoms with E-state index in [1.807, 2.05) is 134 Å². The van der Waals surface area contributed by atoms with Gasteiger partial charge in [0.25, 0.3) is 0 Å². The normalized spacial score (nSPS) is 12.0. The van der Waals surface area contributed by atoms with Gasteiger partial charge in [0.2, 0.25) is 0 Å². The number of aryl methyl sites for hydroxylation is 7. The molecule has 7 heterocycles. The van der Waals surface area contributed by atoms with Gasteiger partial charge in [-0.1, -0.05) is 224 Å². The van der Waals surface area contributed by atoms with Crippen LogP contribution in [0, 0.1) is 34.6 Å². The van der Waals surface area contributed by atoms with Crippen LogP contribution in [0.5, 0.6) is 34.5 Å². The molecule has 16 aromatic rings. The molecule has 0 atom stereocenters. The van der Waals surface area contributed by atoms with Gasteiger partial charge in [-0.2, -0.15) is 0 Å². The Morgan fingerprint density at radius 2 is 0.807 bits per heavy atom. The lowest BCUT2D eigenvalue weighted by Gasteiger charge is -2.22. The zero-order valence-electron chi connectivity index (χ0n) is 71.8. The zero-order valence-corrected chi connectivity index (χ0v) is 73.3.